The maximum atomic E-state index is 14.8. The summed E-state index contributed by atoms with van der Waals surface area (Å²) in [6.45, 7) is 7.00. The number of benzene rings is 2. The number of rotatable bonds is 8. The van der Waals surface area contributed by atoms with Crippen LogP contribution in [0.25, 0.3) is 21.7 Å². The van der Waals surface area contributed by atoms with Crippen LogP contribution in [-0.2, 0) is 0 Å². The van der Waals surface area contributed by atoms with Crippen LogP contribution in [0.5, 0.6) is 0 Å². The molecule has 1 aliphatic carbocycles. The standard InChI is InChI=1S/C32H31ClF3N7/c1-5-18-14-38-28-22(27(18)39-17-31(2,3)4)12-19(13-24(28)33)40-29(21-6-7-25(34)23-15-37-11-8-20(21)23)26-16-43(42-41-26)32(9-10-32)30(35)36/h1,6-8,11-16,29-30,40-42H,9-10,17H2,2-4H3,(H,38,39)/t29-/m0/s1. The highest BCUT2D eigenvalue weighted by atomic mass is 35.5. The van der Waals surface area contributed by atoms with Crippen molar-refractivity contribution in [2.45, 2.75) is 51.6 Å². The molecule has 7 nitrogen and oxygen atoms in total. The maximum absolute atomic E-state index is 14.8. The molecule has 1 atom stereocenters. The van der Waals surface area contributed by atoms with Crippen LogP contribution in [0.3, 0.4) is 0 Å². The van der Waals surface area contributed by atoms with E-state index >= 15 is 0 Å². The van der Waals surface area contributed by atoms with Gasteiger partial charge in [-0.05, 0) is 53.5 Å². The Bertz CT molecular complexity index is 1790. The Kier molecular flexibility index (Phi) is 7.27. The normalized spacial score (nSPS) is 16.6. The third-order valence-electron chi connectivity index (χ3n) is 7.84. The van der Waals surface area contributed by atoms with Gasteiger partial charge in [0.25, 0.3) is 6.43 Å². The largest absolute Gasteiger partial charge is 0.383 e. The molecule has 0 spiro atoms. The summed E-state index contributed by atoms with van der Waals surface area (Å²) < 4.78 is 42.7. The quantitative estimate of drug-likeness (QED) is 0.159. The molecule has 0 bridgehead atoms. The van der Waals surface area contributed by atoms with Crippen molar-refractivity contribution >= 4 is 44.7 Å². The lowest BCUT2D eigenvalue weighted by Crippen LogP contribution is -2.48. The molecule has 222 valence electrons. The summed E-state index contributed by atoms with van der Waals surface area (Å²) in [7, 11) is 0. The number of pyridine rings is 2. The first-order chi connectivity index (χ1) is 20.5. The topological polar surface area (TPSA) is 77.1 Å². The SMILES string of the molecule is C#Cc1cnc2c(Cl)cc(N[C@H](C3=CN(C4(C(F)F)CC4)NN3)c3ccc(F)c4cnccc34)cc2c1NCC(C)(C)C. The average molecular weight is 606 g/mol. The number of hydrogen-bond acceptors (Lipinski definition) is 7. The van der Waals surface area contributed by atoms with Gasteiger partial charge < -0.3 is 16.1 Å². The number of terminal acetylenes is 1. The average Bonchev–Trinajstić information content (AvgIpc) is 3.65. The second-order valence-electron chi connectivity index (χ2n) is 12.2. The van der Waals surface area contributed by atoms with E-state index < -0.39 is 23.8 Å². The zero-order chi connectivity index (χ0) is 30.5. The van der Waals surface area contributed by atoms with E-state index in [4.69, 9.17) is 18.0 Å². The fraction of sp³-hybridized carbons (Fsp3) is 0.312. The molecule has 4 N–H and O–H groups in total. The van der Waals surface area contributed by atoms with Gasteiger partial charge in [-0.25, -0.2) is 13.2 Å². The molecule has 11 heteroatoms. The molecule has 43 heavy (non-hydrogen) atoms. The Morgan fingerprint density at radius 1 is 1.14 bits per heavy atom. The van der Waals surface area contributed by atoms with Gasteiger partial charge in [-0.15, -0.1) is 12.0 Å². The number of halogens is 4. The van der Waals surface area contributed by atoms with Crippen LogP contribution in [0.2, 0.25) is 5.02 Å². The fourth-order valence-electron chi connectivity index (χ4n) is 5.32. The van der Waals surface area contributed by atoms with Crippen molar-refractivity contribution < 1.29 is 13.2 Å². The molecular weight excluding hydrogens is 575 g/mol. The summed E-state index contributed by atoms with van der Waals surface area (Å²) in [6.07, 6.45) is 10.4. The molecule has 1 fully saturated rings. The second kappa shape index (κ2) is 10.8. The first kappa shape index (κ1) is 28.9. The molecule has 0 saturated heterocycles. The zero-order valence-corrected chi connectivity index (χ0v) is 24.7. The van der Waals surface area contributed by atoms with Gasteiger partial charge >= 0.3 is 0 Å². The first-order valence-electron chi connectivity index (χ1n) is 13.9. The number of nitrogens with zero attached hydrogens (tertiary/aromatic N) is 3. The number of nitrogens with one attached hydrogen (secondary N) is 4. The maximum Gasteiger partial charge on any atom is 0.262 e. The van der Waals surface area contributed by atoms with Crippen LogP contribution in [0.1, 0.15) is 50.8 Å². The van der Waals surface area contributed by atoms with Crippen molar-refractivity contribution in [3.8, 4) is 12.3 Å². The molecule has 0 amide bonds. The van der Waals surface area contributed by atoms with Crippen LogP contribution >= 0.6 is 11.6 Å². The van der Waals surface area contributed by atoms with Gasteiger partial charge in [-0.2, -0.15) is 0 Å². The molecule has 6 rings (SSSR count). The fourth-order valence-corrected chi connectivity index (χ4v) is 5.59. The molecule has 2 aromatic heterocycles. The summed E-state index contributed by atoms with van der Waals surface area (Å²) >= 11 is 6.78. The van der Waals surface area contributed by atoms with Crippen molar-refractivity contribution in [1.29, 1.82) is 0 Å². The summed E-state index contributed by atoms with van der Waals surface area (Å²) in [4.78, 5) is 8.61. The van der Waals surface area contributed by atoms with Crippen molar-refractivity contribution in [3.63, 3.8) is 0 Å². The van der Waals surface area contributed by atoms with Gasteiger partial charge in [0.15, 0.2) is 0 Å². The molecule has 4 aromatic rings. The molecule has 1 aliphatic heterocycles. The van der Waals surface area contributed by atoms with Crippen molar-refractivity contribution in [3.05, 3.63) is 82.8 Å². The second-order valence-corrected chi connectivity index (χ2v) is 12.6. The van der Waals surface area contributed by atoms with Gasteiger partial charge in [0.1, 0.15) is 11.4 Å². The third-order valence-corrected chi connectivity index (χ3v) is 8.13. The van der Waals surface area contributed by atoms with Gasteiger partial charge in [0, 0.05) is 47.8 Å². The molecule has 2 aliphatic rings. The Labute approximate surface area is 252 Å². The van der Waals surface area contributed by atoms with E-state index in [1.807, 2.05) is 6.07 Å². The van der Waals surface area contributed by atoms with Crippen molar-refractivity contribution in [2.24, 2.45) is 5.41 Å². The van der Waals surface area contributed by atoms with Gasteiger partial charge in [-0.3, -0.25) is 15.0 Å². The number of anilines is 2. The number of hydrogen-bond donors (Lipinski definition) is 4. The van der Waals surface area contributed by atoms with Gasteiger partial charge in [-0.1, -0.05) is 44.4 Å². The number of aromatic nitrogens is 2. The lowest BCUT2D eigenvalue weighted by molar-refractivity contribution is 0.00911. The smallest absolute Gasteiger partial charge is 0.262 e. The minimum Gasteiger partial charge on any atom is -0.383 e. The minimum atomic E-state index is -2.53. The monoisotopic (exact) mass is 605 g/mol. The van der Waals surface area contributed by atoms with E-state index in [9.17, 15) is 13.2 Å². The van der Waals surface area contributed by atoms with Crippen LogP contribution in [0, 0.1) is 23.6 Å². The van der Waals surface area contributed by atoms with E-state index in [0.717, 1.165) is 11.1 Å². The first-order valence-corrected chi connectivity index (χ1v) is 14.3. The molecular formula is C32H31ClF3N7. The summed E-state index contributed by atoms with van der Waals surface area (Å²) in [5, 5.41) is 10.5. The van der Waals surface area contributed by atoms with E-state index in [-0.39, 0.29) is 5.41 Å². The van der Waals surface area contributed by atoms with Gasteiger partial charge in [0.05, 0.1) is 33.5 Å². The lowest BCUT2D eigenvalue weighted by atomic mass is 9.96. The van der Waals surface area contributed by atoms with Crippen molar-refractivity contribution in [2.75, 3.05) is 17.2 Å². The Balaban J connectivity index is 1.47. The third kappa shape index (κ3) is 5.39. The molecule has 0 unspecified atom stereocenters. The van der Waals surface area contributed by atoms with E-state index in [0.29, 0.717) is 63.2 Å². The van der Waals surface area contributed by atoms with Crippen LogP contribution < -0.4 is 21.6 Å². The number of fused-ring (bicyclic) bond motifs is 2. The molecule has 3 heterocycles. The van der Waals surface area contributed by atoms with E-state index in [1.54, 1.807) is 36.8 Å². The highest BCUT2D eigenvalue weighted by Crippen LogP contribution is 2.47. The van der Waals surface area contributed by atoms with Crippen LogP contribution in [-0.4, -0.2) is 33.5 Å². The predicted molar refractivity (Wildman–Crippen MR) is 165 cm³/mol. The summed E-state index contributed by atoms with van der Waals surface area (Å²) in [6, 6.07) is 7.82. The predicted octanol–water partition coefficient (Wildman–Crippen LogP) is 7.13. The van der Waals surface area contributed by atoms with Gasteiger partial charge in [0.2, 0.25) is 0 Å². The molecule has 1 saturated carbocycles. The van der Waals surface area contributed by atoms with Crippen molar-refractivity contribution in [1.82, 2.24) is 25.9 Å². The molecule has 2 aromatic carbocycles. The molecule has 0 radical (unpaired) electrons. The Morgan fingerprint density at radius 3 is 2.63 bits per heavy atom. The number of hydrazine groups is 2. The lowest BCUT2D eigenvalue weighted by Gasteiger charge is -2.25. The Hall–Kier alpha value is -4.20. The summed E-state index contributed by atoms with van der Waals surface area (Å²) in [5.74, 6) is 2.30. The highest BCUT2D eigenvalue weighted by Gasteiger charge is 2.56. The van der Waals surface area contributed by atoms with Crippen LogP contribution in [0.4, 0.5) is 24.5 Å². The minimum absolute atomic E-state index is 0.0264. The van der Waals surface area contributed by atoms with E-state index in [1.165, 1.54) is 17.3 Å². The summed E-state index contributed by atoms with van der Waals surface area (Å²) in [5.41, 5.74) is 8.48. The highest BCUT2D eigenvalue weighted by molar-refractivity contribution is 6.35. The van der Waals surface area contributed by atoms with Crippen LogP contribution in [0.15, 0.2) is 60.8 Å². The number of alkyl halides is 2. The zero-order valence-electron chi connectivity index (χ0n) is 23.9. The Morgan fingerprint density at radius 2 is 1.93 bits per heavy atom. The van der Waals surface area contributed by atoms with E-state index in [2.05, 4.69) is 58.3 Å².